The number of hydrogen-bond donors (Lipinski definition) is 3. The molecule has 6 nitrogen and oxygen atoms in total. The highest BCUT2D eigenvalue weighted by molar-refractivity contribution is 5.96. The molecular weight excluding hydrogens is 268 g/mol. The molecule has 1 heterocycles. The van der Waals surface area contributed by atoms with E-state index < -0.39 is 0 Å². The van der Waals surface area contributed by atoms with Gasteiger partial charge in [0.15, 0.2) is 0 Å². The average molecular weight is 290 g/mol. The summed E-state index contributed by atoms with van der Waals surface area (Å²) in [5.74, 6) is -0.136. The lowest BCUT2D eigenvalue weighted by atomic mass is 10.1. The number of carbonyl (C=O) groups is 2. The molecule has 1 aromatic carbocycles. The highest BCUT2D eigenvalue weighted by Gasteiger charge is 2.21. The molecule has 1 atom stereocenters. The molecule has 1 aliphatic rings. The zero-order valence-corrected chi connectivity index (χ0v) is 12.5. The fourth-order valence-corrected chi connectivity index (χ4v) is 2.19. The summed E-state index contributed by atoms with van der Waals surface area (Å²) >= 11 is 0. The van der Waals surface area contributed by atoms with Crippen LogP contribution in [0, 0.1) is 5.92 Å². The van der Waals surface area contributed by atoms with Crippen LogP contribution in [0.15, 0.2) is 24.3 Å². The van der Waals surface area contributed by atoms with Gasteiger partial charge in [-0.25, -0.2) is 4.79 Å². The summed E-state index contributed by atoms with van der Waals surface area (Å²) in [5.41, 5.74) is 1.50. The summed E-state index contributed by atoms with van der Waals surface area (Å²) in [4.78, 5) is 25.4. The van der Waals surface area contributed by atoms with Crippen molar-refractivity contribution >= 4 is 23.3 Å². The fraction of sp³-hybridized carbons (Fsp3) is 0.467. The highest BCUT2D eigenvalue weighted by Crippen LogP contribution is 2.21. The molecule has 1 aliphatic heterocycles. The molecule has 0 aliphatic carbocycles. The molecule has 1 fully saturated rings. The van der Waals surface area contributed by atoms with E-state index in [0.29, 0.717) is 25.3 Å². The third-order valence-electron chi connectivity index (χ3n) is 3.43. The Balaban J connectivity index is 2.01. The van der Waals surface area contributed by atoms with Crippen molar-refractivity contribution < 1.29 is 9.59 Å². The smallest absolute Gasteiger partial charge is 0.321 e. The summed E-state index contributed by atoms with van der Waals surface area (Å²) in [6.07, 6.45) is 0. The minimum Gasteiger partial charge on any atom is -0.336 e. The number of nitrogens with one attached hydrogen (secondary N) is 3. The topological polar surface area (TPSA) is 73.5 Å². The molecule has 1 unspecified atom stereocenters. The minimum atomic E-state index is -0.108. The van der Waals surface area contributed by atoms with Gasteiger partial charge in [-0.15, -0.1) is 0 Å². The number of hydrogen-bond acceptors (Lipinski definition) is 3. The lowest BCUT2D eigenvalue weighted by molar-refractivity contribution is -0.119. The van der Waals surface area contributed by atoms with Crippen LogP contribution in [0.3, 0.4) is 0 Å². The van der Waals surface area contributed by atoms with Crippen LogP contribution in [0.5, 0.6) is 0 Å². The normalized spacial score (nSPS) is 15.7. The number of amides is 3. The van der Waals surface area contributed by atoms with E-state index in [0.717, 1.165) is 12.2 Å². The molecule has 0 bridgehead atoms. The monoisotopic (exact) mass is 290 g/mol. The van der Waals surface area contributed by atoms with Gasteiger partial charge in [0.05, 0.1) is 0 Å². The molecule has 114 valence electrons. The third kappa shape index (κ3) is 3.95. The second kappa shape index (κ2) is 7.08. The summed E-state index contributed by atoms with van der Waals surface area (Å²) in [6, 6.07) is 7.26. The van der Waals surface area contributed by atoms with Gasteiger partial charge in [0.2, 0.25) is 5.91 Å². The summed E-state index contributed by atoms with van der Waals surface area (Å²) in [7, 11) is 0. The lowest BCUT2D eigenvalue weighted by Crippen LogP contribution is -2.30. The molecule has 0 saturated carbocycles. The Hall–Kier alpha value is -2.08. The van der Waals surface area contributed by atoms with Crippen LogP contribution in [0.4, 0.5) is 16.2 Å². The van der Waals surface area contributed by atoms with Crippen LogP contribution >= 0.6 is 0 Å². The van der Waals surface area contributed by atoms with E-state index in [-0.39, 0.29) is 17.9 Å². The standard InChI is InChI=1S/C15H22N4O2/c1-3-16-10-11(2)14(20)18-12-5-4-6-13(9-12)19-8-7-17-15(19)21/h4-6,9,11,16H,3,7-8,10H2,1-2H3,(H,17,21)(H,18,20). The van der Waals surface area contributed by atoms with E-state index in [1.807, 2.05) is 38.1 Å². The molecule has 21 heavy (non-hydrogen) atoms. The molecule has 2 rings (SSSR count). The Morgan fingerprint density at radius 3 is 2.95 bits per heavy atom. The Morgan fingerprint density at radius 2 is 2.29 bits per heavy atom. The zero-order chi connectivity index (χ0) is 15.2. The van der Waals surface area contributed by atoms with Crippen molar-refractivity contribution in [3.8, 4) is 0 Å². The molecule has 1 aromatic rings. The lowest BCUT2D eigenvalue weighted by Gasteiger charge is -2.17. The van der Waals surface area contributed by atoms with Crippen LogP contribution in [0.1, 0.15) is 13.8 Å². The van der Waals surface area contributed by atoms with Gasteiger partial charge < -0.3 is 16.0 Å². The fourth-order valence-electron chi connectivity index (χ4n) is 2.19. The van der Waals surface area contributed by atoms with Crippen LogP contribution in [0.2, 0.25) is 0 Å². The van der Waals surface area contributed by atoms with Crippen LogP contribution in [0.25, 0.3) is 0 Å². The maximum Gasteiger partial charge on any atom is 0.321 e. The van der Waals surface area contributed by atoms with Crippen LogP contribution < -0.4 is 20.9 Å². The van der Waals surface area contributed by atoms with E-state index in [9.17, 15) is 9.59 Å². The van der Waals surface area contributed by atoms with Gasteiger partial charge in [0, 0.05) is 36.9 Å². The number of carbonyl (C=O) groups excluding carboxylic acids is 2. The molecular formula is C15H22N4O2. The molecule has 3 N–H and O–H groups in total. The van der Waals surface area contributed by atoms with E-state index >= 15 is 0 Å². The molecule has 6 heteroatoms. The van der Waals surface area contributed by atoms with Gasteiger partial charge in [-0.2, -0.15) is 0 Å². The van der Waals surface area contributed by atoms with E-state index in [4.69, 9.17) is 0 Å². The van der Waals surface area contributed by atoms with Gasteiger partial charge in [0.1, 0.15) is 0 Å². The average Bonchev–Trinajstić information content (AvgIpc) is 2.91. The number of nitrogens with zero attached hydrogens (tertiary/aromatic N) is 1. The van der Waals surface area contributed by atoms with Crippen molar-refractivity contribution in [1.29, 1.82) is 0 Å². The number of rotatable bonds is 6. The molecule has 1 saturated heterocycles. The number of anilines is 2. The van der Waals surface area contributed by atoms with Crippen molar-refractivity contribution in [1.82, 2.24) is 10.6 Å². The second-order valence-corrected chi connectivity index (χ2v) is 5.13. The van der Waals surface area contributed by atoms with Gasteiger partial charge in [-0.1, -0.05) is 19.9 Å². The SMILES string of the molecule is CCNCC(C)C(=O)Nc1cccc(N2CCNC2=O)c1. The van der Waals surface area contributed by atoms with Crippen LogP contribution in [-0.4, -0.2) is 38.1 Å². The Kier molecular flexibility index (Phi) is 5.16. The largest absolute Gasteiger partial charge is 0.336 e. The van der Waals surface area contributed by atoms with Crippen molar-refractivity contribution in [2.45, 2.75) is 13.8 Å². The second-order valence-electron chi connectivity index (χ2n) is 5.13. The first-order valence-corrected chi connectivity index (χ1v) is 7.29. The van der Waals surface area contributed by atoms with Gasteiger partial charge in [-0.3, -0.25) is 9.69 Å². The minimum absolute atomic E-state index is 0.0287. The maximum atomic E-state index is 12.1. The molecule has 0 radical (unpaired) electrons. The summed E-state index contributed by atoms with van der Waals surface area (Å²) < 4.78 is 0. The third-order valence-corrected chi connectivity index (χ3v) is 3.43. The van der Waals surface area contributed by atoms with E-state index in [1.165, 1.54) is 0 Å². The summed E-state index contributed by atoms with van der Waals surface area (Å²) in [5, 5.41) is 8.81. The van der Waals surface area contributed by atoms with Crippen LogP contribution in [-0.2, 0) is 4.79 Å². The summed E-state index contributed by atoms with van der Waals surface area (Å²) in [6.45, 7) is 6.68. The first kappa shape index (κ1) is 15.3. The predicted molar refractivity (Wildman–Crippen MR) is 83.5 cm³/mol. The predicted octanol–water partition coefficient (Wildman–Crippen LogP) is 1.40. The first-order valence-electron chi connectivity index (χ1n) is 7.29. The zero-order valence-electron chi connectivity index (χ0n) is 12.5. The van der Waals surface area contributed by atoms with E-state index in [2.05, 4.69) is 16.0 Å². The van der Waals surface area contributed by atoms with Gasteiger partial charge in [-0.05, 0) is 24.7 Å². The van der Waals surface area contributed by atoms with Crippen molar-refractivity contribution in [3.63, 3.8) is 0 Å². The molecule has 0 spiro atoms. The molecule has 3 amide bonds. The van der Waals surface area contributed by atoms with Crippen molar-refractivity contribution in [2.24, 2.45) is 5.92 Å². The maximum absolute atomic E-state index is 12.1. The molecule has 0 aromatic heterocycles. The Labute approximate surface area is 124 Å². The van der Waals surface area contributed by atoms with Crippen molar-refractivity contribution in [2.75, 3.05) is 36.4 Å². The van der Waals surface area contributed by atoms with Crippen molar-refractivity contribution in [3.05, 3.63) is 24.3 Å². The quantitative estimate of drug-likeness (QED) is 0.741. The first-order chi connectivity index (χ1) is 10.1. The number of benzene rings is 1. The van der Waals surface area contributed by atoms with Gasteiger partial charge >= 0.3 is 6.03 Å². The van der Waals surface area contributed by atoms with E-state index in [1.54, 1.807) is 4.90 Å². The number of urea groups is 1. The van der Waals surface area contributed by atoms with Gasteiger partial charge in [0.25, 0.3) is 0 Å². The highest BCUT2D eigenvalue weighted by atomic mass is 16.2. The Bertz CT molecular complexity index is 518. The Morgan fingerprint density at radius 1 is 1.48 bits per heavy atom.